The molecule has 0 aliphatic heterocycles. The van der Waals surface area contributed by atoms with Gasteiger partial charge in [0.2, 0.25) is 0 Å². The van der Waals surface area contributed by atoms with Gasteiger partial charge in [-0.05, 0) is 72.3 Å². The minimum Gasteiger partial charge on any atom is -0.260 e. The van der Waals surface area contributed by atoms with E-state index in [9.17, 15) is 0 Å². The lowest BCUT2D eigenvalue weighted by Crippen LogP contribution is -2.01. The van der Waals surface area contributed by atoms with Crippen LogP contribution in [0.4, 0.5) is 0 Å². The minimum atomic E-state index is 0.737. The zero-order valence-corrected chi connectivity index (χ0v) is 25.3. The molecule has 46 heavy (non-hydrogen) atoms. The molecular formula is C44H30N2. The molecule has 0 bridgehead atoms. The molecule has 9 aromatic rings. The molecule has 8 aromatic carbocycles. The van der Waals surface area contributed by atoms with Crippen LogP contribution in [0.1, 0.15) is 5.56 Å². The molecule has 1 heterocycles. The van der Waals surface area contributed by atoms with Gasteiger partial charge in [0.15, 0.2) is 0 Å². The molecule has 0 fully saturated rings. The third-order valence-electron chi connectivity index (χ3n) is 9.25. The van der Waals surface area contributed by atoms with Crippen LogP contribution in [-0.2, 0) is 6.54 Å². The predicted molar refractivity (Wildman–Crippen MR) is 194 cm³/mol. The Balaban J connectivity index is 1.20. The van der Waals surface area contributed by atoms with Gasteiger partial charge in [-0.25, -0.2) is 0 Å². The molecule has 0 aliphatic rings. The summed E-state index contributed by atoms with van der Waals surface area (Å²) in [5.74, 6) is 0. The van der Waals surface area contributed by atoms with Crippen LogP contribution in [0.3, 0.4) is 0 Å². The summed E-state index contributed by atoms with van der Waals surface area (Å²) in [5, 5.41) is 13.9. The standard InChI is InChI=1S/C44H30N2/c1-2-12-30(13-3-1)29-46-41-21-11-10-20-40(41)44(45-46)33-25-23-32(24-26-33)42-36-16-6-8-18-38(36)43(39-19-9-7-17-37(39)42)35-27-22-31-14-4-5-15-34(31)28-35/h1-28H,29H2. The predicted octanol–water partition coefficient (Wildman–Crippen LogP) is 11.5. The fraction of sp³-hybridized carbons (Fsp3) is 0.0227. The summed E-state index contributed by atoms with van der Waals surface area (Å²) >= 11 is 0. The number of hydrogen-bond donors (Lipinski definition) is 0. The lowest BCUT2D eigenvalue weighted by atomic mass is 9.85. The van der Waals surface area contributed by atoms with E-state index < -0.39 is 0 Å². The van der Waals surface area contributed by atoms with Crippen LogP contribution in [0, 0.1) is 0 Å². The zero-order valence-electron chi connectivity index (χ0n) is 25.3. The molecule has 216 valence electrons. The highest BCUT2D eigenvalue weighted by Gasteiger charge is 2.18. The van der Waals surface area contributed by atoms with Crippen molar-refractivity contribution in [1.82, 2.24) is 9.78 Å². The molecule has 0 atom stereocenters. The molecule has 2 nitrogen and oxygen atoms in total. The molecule has 0 N–H and O–H groups in total. The van der Waals surface area contributed by atoms with Gasteiger partial charge in [-0.3, -0.25) is 4.68 Å². The first kappa shape index (κ1) is 26.4. The highest BCUT2D eigenvalue weighted by atomic mass is 15.3. The summed E-state index contributed by atoms with van der Waals surface area (Å²) in [5.41, 5.74) is 9.51. The molecular weight excluding hydrogens is 556 g/mol. The SMILES string of the molecule is c1ccc(Cn2nc(-c3ccc(-c4c5ccccc5c(-c5ccc6ccccc6c5)c5ccccc45)cc3)c3ccccc32)cc1. The van der Waals surface area contributed by atoms with Gasteiger partial charge in [0.25, 0.3) is 0 Å². The van der Waals surface area contributed by atoms with E-state index in [2.05, 4.69) is 175 Å². The van der Waals surface area contributed by atoms with Gasteiger partial charge in [-0.15, -0.1) is 0 Å². The van der Waals surface area contributed by atoms with E-state index in [1.807, 2.05) is 0 Å². The van der Waals surface area contributed by atoms with Gasteiger partial charge < -0.3 is 0 Å². The van der Waals surface area contributed by atoms with Crippen molar-refractivity contribution in [2.45, 2.75) is 6.54 Å². The van der Waals surface area contributed by atoms with E-state index in [0.717, 1.165) is 23.3 Å². The van der Waals surface area contributed by atoms with Crippen LogP contribution in [0.15, 0.2) is 170 Å². The molecule has 0 radical (unpaired) electrons. The van der Waals surface area contributed by atoms with Crippen LogP contribution in [0.2, 0.25) is 0 Å². The van der Waals surface area contributed by atoms with Crippen LogP contribution >= 0.6 is 0 Å². The Morgan fingerprint density at radius 3 is 1.57 bits per heavy atom. The van der Waals surface area contributed by atoms with E-state index in [1.54, 1.807) is 0 Å². The topological polar surface area (TPSA) is 17.8 Å². The molecule has 0 aliphatic carbocycles. The second kappa shape index (κ2) is 10.9. The Kier molecular flexibility index (Phi) is 6.24. The second-order valence-corrected chi connectivity index (χ2v) is 12.0. The lowest BCUT2D eigenvalue weighted by Gasteiger charge is -2.18. The van der Waals surface area contributed by atoms with Gasteiger partial charge in [-0.1, -0.05) is 158 Å². The molecule has 0 unspecified atom stereocenters. The van der Waals surface area contributed by atoms with Crippen LogP contribution < -0.4 is 0 Å². The molecule has 0 spiro atoms. The fourth-order valence-electron chi connectivity index (χ4n) is 7.11. The van der Waals surface area contributed by atoms with E-state index in [0.29, 0.717) is 0 Å². The number of hydrogen-bond acceptors (Lipinski definition) is 1. The average molecular weight is 587 g/mol. The van der Waals surface area contributed by atoms with Crippen molar-refractivity contribution in [3.8, 4) is 33.5 Å². The third kappa shape index (κ3) is 4.38. The fourth-order valence-corrected chi connectivity index (χ4v) is 7.11. The summed E-state index contributed by atoms with van der Waals surface area (Å²) in [7, 11) is 0. The quantitative estimate of drug-likeness (QED) is 0.183. The Morgan fingerprint density at radius 2 is 0.891 bits per heavy atom. The number of rotatable bonds is 5. The number of para-hydroxylation sites is 1. The molecule has 2 heteroatoms. The third-order valence-corrected chi connectivity index (χ3v) is 9.25. The van der Waals surface area contributed by atoms with Gasteiger partial charge in [-0.2, -0.15) is 5.10 Å². The van der Waals surface area contributed by atoms with Crippen molar-refractivity contribution in [3.63, 3.8) is 0 Å². The maximum Gasteiger partial charge on any atom is 0.100 e. The lowest BCUT2D eigenvalue weighted by molar-refractivity contribution is 0.715. The summed E-state index contributed by atoms with van der Waals surface area (Å²) in [6, 6.07) is 61.3. The monoisotopic (exact) mass is 586 g/mol. The first-order valence-electron chi connectivity index (χ1n) is 15.8. The summed E-state index contributed by atoms with van der Waals surface area (Å²) in [4.78, 5) is 0. The number of fused-ring (bicyclic) bond motifs is 4. The Labute approximate surface area is 267 Å². The van der Waals surface area contributed by atoms with Gasteiger partial charge in [0, 0.05) is 10.9 Å². The van der Waals surface area contributed by atoms with Gasteiger partial charge in [0.05, 0.1) is 12.1 Å². The van der Waals surface area contributed by atoms with Crippen LogP contribution in [-0.4, -0.2) is 9.78 Å². The number of benzene rings is 8. The smallest absolute Gasteiger partial charge is 0.100 e. The van der Waals surface area contributed by atoms with Crippen LogP contribution in [0.5, 0.6) is 0 Å². The van der Waals surface area contributed by atoms with E-state index in [1.165, 1.54) is 65.5 Å². The summed E-state index contributed by atoms with van der Waals surface area (Å²) < 4.78 is 2.13. The normalized spacial score (nSPS) is 11.6. The average Bonchev–Trinajstić information content (AvgIpc) is 3.49. The van der Waals surface area contributed by atoms with E-state index in [-0.39, 0.29) is 0 Å². The second-order valence-electron chi connectivity index (χ2n) is 12.0. The van der Waals surface area contributed by atoms with Gasteiger partial charge >= 0.3 is 0 Å². The number of aromatic nitrogens is 2. The molecule has 0 saturated carbocycles. The van der Waals surface area contributed by atoms with Crippen LogP contribution in [0.25, 0.3) is 76.7 Å². The van der Waals surface area contributed by atoms with E-state index in [4.69, 9.17) is 5.10 Å². The largest absolute Gasteiger partial charge is 0.260 e. The summed E-state index contributed by atoms with van der Waals surface area (Å²) in [6.45, 7) is 0.737. The van der Waals surface area contributed by atoms with Gasteiger partial charge in [0.1, 0.15) is 5.69 Å². The highest BCUT2D eigenvalue weighted by molar-refractivity contribution is 6.21. The molecule has 9 rings (SSSR count). The zero-order chi connectivity index (χ0) is 30.5. The first-order valence-corrected chi connectivity index (χ1v) is 15.8. The van der Waals surface area contributed by atoms with Crippen molar-refractivity contribution in [3.05, 3.63) is 175 Å². The Bertz CT molecular complexity index is 2480. The van der Waals surface area contributed by atoms with Crippen molar-refractivity contribution in [1.29, 1.82) is 0 Å². The maximum atomic E-state index is 5.14. The van der Waals surface area contributed by atoms with Crippen molar-refractivity contribution < 1.29 is 0 Å². The number of nitrogens with zero attached hydrogens (tertiary/aromatic N) is 2. The Hall–Kier alpha value is -5.99. The molecule has 0 saturated heterocycles. The van der Waals surface area contributed by atoms with E-state index >= 15 is 0 Å². The minimum absolute atomic E-state index is 0.737. The van der Waals surface area contributed by atoms with Crippen molar-refractivity contribution >= 4 is 43.2 Å². The molecule has 0 amide bonds. The van der Waals surface area contributed by atoms with Crippen molar-refractivity contribution in [2.75, 3.05) is 0 Å². The first-order chi connectivity index (χ1) is 22.8. The summed E-state index contributed by atoms with van der Waals surface area (Å²) in [6.07, 6.45) is 0. The maximum absolute atomic E-state index is 5.14. The van der Waals surface area contributed by atoms with Crippen molar-refractivity contribution in [2.24, 2.45) is 0 Å². The highest BCUT2D eigenvalue weighted by Crippen LogP contribution is 2.44. The molecule has 1 aromatic heterocycles. The Morgan fingerprint density at radius 1 is 0.391 bits per heavy atom.